The molecular weight excluding hydrogens is 687 g/mol. The minimum absolute atomic E-state index is 0.994. The first kappa shape index (κ1) is 34.4. The Labute approximate surface area is 321 Å². The molecule has 1 aliphatic rings. The lowest BCUT2D eigenvalue weighted by Gasteiger charge is -2.29. The SMILES string of the molecule is c1ccc([P+](Cc2ccc3c(c2)CCc2cc(C[P+](c4ccccc4)(c4ccccc4)c4ccccc4)ccc2-3)(c2ccccc2)c2ccccc2)cc1. The molecule has 0 radical (unpaired) electrons. The van der Waals surface area contributed by atoms with Gasteiger partial charge in [0.2, 0.25) is 0 Å². The van der Waals surface area contributed by atoms with Gasteiger partial charge in [-0.1, -0.05) is 146 Å². The molecule has 0 nitrogen and oxygen atoms in total. The maximum absolute atomic E-state index is 2.53. The Kier molecular flexibility index (Phi) is 9.66. The maximum Gasteiger partial charge on any atom is 0.116 e. The van der Waals surface area contributed by atoms with Crippen LogP contribution in [0.1, 0.15) is 22.3 Å². The second kappa shape index (κ2) is 15.2. The number of benzene rings is 8. The summed E-state index contributed by atoms with van der Waals surface area (Å²) in [5.41, 5.74) is 8.57. The van der Waals surface area contributed by atoms with Gasteiger partial charge in [0.25, 0.3) is 0 Å². The van der Waals surface area contributed by atoms with E-state index in [4.69, 9.17) is 0 Å². The lowest BCUT2D eigenvalue weighted by atomic mass is 9.84. The van der Waals surface area contributed by atoms with E-state index in [1.165, 1.54) is 65.2 Å². The lowest BCUT2D eigenvalue weighted by molar-refractivity contribution is 0.936. The molecular formula is C52H44P2+2. The molecule has 0 spiro atoms. The van der Waals surface area contributed by atoms with Gasteiger partial charge < -0.3 is 0 Å². The van der Waals surface area contributed by atoms with Crippen molar-refractivity contribution in [2.75, 3.05) is 0 Å². The monoisotopic (exact) mass is 730 g/mol. The predicted molar refractivity (Wildman–Crippen MR) is 237 cm³/mol. The van der Waals surface area contributed by atoms with Gasteiger partial charge in [-0.3, -0.25) is 0 Å². The number of rotatable bonds is 10. The summed E-state index contributed by atoms with van der Waals surface area (Å²) in [5, 5.41) is 8.57. The second-order valence-corrected chi connectivity index (χ2v) is 21.4. The van der Waals surface area contributed by atoms with Gasteiger partial charge in [0.1, 0.15) is 46.4 Å². The maximum atomic E-state index is 2.53. The highest BCUT2D eigenvalue weighted by Crippen LogP contribution is 2.59. The van der Waals surface area contributed by atoms with E-state index >= 15 is 0 Å². The average Bonchev–Trinajstić information content (AvgIpc) is 3.26. The van der Waals surface area contributed by atoms with E-state index in [9.17, 15) is 0 Å². The molecule has 0 saturated heterocycles. The zero-order chi connectivity index (χ0) is 36.2. The van der Waals surface area contributed by atoms with Crippen LogP contribution in [0.2, 0.25) is 0 Å². The molecule has 0 unspecified atom stereocenters. The van der Waals surface area contributed by atoms with E-state index < -0.39 is 14.5 Å². The van der Waals surface area contributed by atoms with Crippen LogP contribution in [0, 0.1) is 0 Å². The Bertz CT molecular complexity index is 2090. The largest absolute Gasteiger partial charge is 0.116 e. The molecule has 1 aliphatic carbocycles. The Morgan fingerprint density at radius 2 is 0.519 bits per heavy atom. The summed E-state index contributed by atoms with van der Waals surface area (Å²) in [6.07, 6.45) is 4.11. The molecule has 0 aromatic heterocycles. The van der Waals surface area contributed by atoms with Crippen LogP contribution in [-0.2, 0) is 25.2 Å². The Balaban J connectivity index is 1.10. The molecule has 2 heteroatoms. The molecule has 8 aromatic rings. The van der Waals surface area contributed by atoms with Gasteiger partial charge in [0.15, 0.2) is 0 Å². The highest BCUT2D eigenvalue weighted by molar-refractivity contribution is 7.95. The number of hydrogen-bond donors (Lipinski definition) is 0. The van der Waals surface area contributed by atoms with Gasteiger partial charge in [-0.15, -0.1) is 0 Å². The first-order valence-electron chi connectivity index (χ1n) is 19.1. The van der Waals surface area contributed by atoms with Gasteiger partial charge in [0, 0.05) is 0 Å². The highest BCUT2D eigenvalue weighted by Gasteiger charge is 2.47. The number of aryl methyl sites for hydroxylation is 2. The number of fused-ring (bicyclic) bond motifs is 3. The second-order valence-electron chi connectivity index (χ2n) is 14.4. The third-order valence-corrected chi connectivity index (χ3v) is 20.1. The fourth-order valence-electron chi connectivity index (χ4n) is 8.78. The molecule has 54 heavy (non-hydrogen) atoms. The summed E-state index contributed by atoms with van der Waals surface area (Å²) in [6, 6.07) is 82.3. The zero-order valence-electron chi connectivity index (χ0n) is 30.5. The fraction of sp³-hybridized carbons (Fsp3) is 0.0769. The summed E-state index contributed by atoms with van der Waals surface area (Å²) in [6.45, 7) is 0. The summed E-state index contributed by atoms with van der Waals surface area (Å²) in [5.74, 6) is 0. The predicted octanol–water partition coefficient (Wildman–Crippen LogP) is 10.4. The number of hydrogen-bond acceptors (Lipinski definition) is 0. The van der Waals surface area contributed by atoms with E-state index in [1.54, 1.807) is 0 Å². The molecule has 0 bridgehead atoms. The summed E-state index contributed by atoms with van der Waals surface area (Å²) in [7, 11) is -3.95. The normalized spacial score (nSPS) is 12.4. The van der Waals surface area contributed by atoms with Crippen molar-refractivity contribution >= 4 is 46.4 Å². The van der Waals surface area contributed by atoms with Crippen LogP contribution in [0.25, 0.3) is 11.1 Å². The molecule has 0 aliphatic heterocycles. The Morgan fingerprint density at radius 3 is 0.759 bits per heavy atom. The van der Waals surface area contributed by atoms with Crippen molar-refractivity contribution in [3.8, 4) is 11.1 Å². The van der Waals surface area contributed by atoms with Crippen LogP contribution in [-0.4, -0.2) is 0 Å². The van der Waals surface area contributed by atoms with Crippen molar-refractivity contribution in [2.45, 2.75) is 25.2 Å². The molecule has 8 aromatic carbocycles. The van der Waals surface area contributed by atoms with Crippen LogP contribution in [0.3, 0.4) is 0 Å². The van der Waals surface area contributed by atoms with Gasteiger partial charge in [-0.05, 0) is 119 Å². The van der Waals surface area contributed by atoms with Crippen LogP contribution in [0.15, 0.2) is 218 Å². The molecule has 0 fully saturated rings. The van der Waals surface area contributed by atoms with Crippen LogP contribution < -0.4 is 31.8 Å². The van der Waals surface area contributed by atoms with Crippen molar-refractivity contribution in [2.24, 2.45) is 0 Å². The van der Waals surface area contributed by atoms with E-state index in [0.29, 0.717) is 0 Å². The lowest BCUT2D eigenvalue weighted by Crippen LogP contribution is -2.32. The minimum atomic E-state index is -1.98. The zero-order valence-corrected chi connectivity index (χ0v) is 32.3. The van der Waals surface area contributed by atoms with Gasteiger partial charge in [-0.2, -0.15) is 0 Å². The van der Waals surface area contributed by atoms with Crippen molar-refractivity contribution in [3.63, 3.8) is 0 Å². The van der Waals surface area contributed by atoms with Crippen molar-refractivity contribution in [1.82, 2.24) is 0 Å². The molecule has 0 amide bonds. The van der Waals surface area contributed by atoms with Gasteiger partial charge >= 0.3 is 0 Å². The molecule has 0 saturated carbocycles. The van der Waals surface area contributed by atoms with Crippen LogP contribution >= 0.6 is 14.5 Å². The van der Waals surface area contributed by atoms with Crippen LogP contribution in [0.4, 0.5) is 0 Å². The van der Waals surface area contributed by atoms with Crippen molar-refractivity contribution in [3.05, 3.63) is 241 Å². The fourth-order valence-corrected chi connectivity index (χ4v) is 17.2. The van der Waals surface area contributed by atoms with Crippen molar-refractivity contribution in [1.29, 1.82) is 0 Å². The first-order valence-corrected chi connectivity index (χ1v) is 23.0. The average molecular weight is 731 g/mol. The van der Waals surface area contributed by atoms with Crippen molar-refractivity contribution < 1.29 is 0 Å². The molecule has 0 N–H and O–H groups in total. The Morgan fingerprint density at radius 1 is 0.278 bits per heavy atom. The van der Waals surface area contributed by atoms with E-state index in [-0.39, 0.29) is 0 Å². The quantitative estimate of drug-likeness (QED) is 0.123. The highest BCUT2D eigenvalue weighted by atomic mass is 31.2. The minimum Gasteiger partial charge on any atom is -0.0620 e. The summed E-state index contributed by atoms with van der Waals surface area (Å²) >= 11 is 0. The molecule has 260 valence electrons. The van der Waals surface area contributed by atoms with Gasteiger partial charge in [0.05, 0.1) is 12.3 Å². The standard InChI is InChI=1S/C52H44P2/c1-7-19-45(20-8-1)53(46-21-9-2-10-22-46,47-23-11-3-12-24-47)39-41-31-35-51-43(37-41)33-34-44-38-42(32-36-52(44)51)40-54(48-25-13-4-14-26-48,49-27-15-5-16-28-49)50-29-17-6-18-30-50/h1-32,35-38H,33-34,39-40H2/q+2. The van der Waals surface area contributed by atoms with E-state index in [0.717, 1.165) is 25.2 Å². The first-order chi connectivity index (χ1) is 26.7. The van der Waals surface area contributed by atoms with Gasteiger partial charge in [-0.25, -0.2) is 0 Å². The third kappa shape index (κ3) is 6.35. The molecule has 9 rings (SSSR count). The topological polar surface area (TPSA) is 0 Å². The third-order valence-electron chi connectivity index (χ3n) is 11.3. The smallest absolute Gasteiger partial charge is 0.0620 e. The Hall–Kier alpha value is -5.38. The van der Waals surface area contributed by atoms with Crippen LogP contribution in [0.5, 0.6) is 0 Å². The molecule has 0 atom stereocenters. The van der Waals surface area contributed by atoms with E-state index in [2.05, 4.69) is 218 Å². The van der Waals surface area contributed by atoms with E-state index in [1.807, 2.05) is 0 Å². The summed E-state index contributed by atoms with van der Waals surface area (Å²) in [4.78, 5) is 0. The summed E-state index contributed by atoms with van der Waals surface area (Å²) < 4.78 is 0. The molecule has 0 heterocycles.